The van der Waals surface area contributed by atoms with Gasteiger partial charge in [-0.3, -0.25) is 0 Å². The van der Waals surface area contributed by atoms with Crippen molar-refractivity contribution in [3.05, 3.63) is 40.4 Å². The number of halogens is 3. The lowest BCUT2D eigenvalue weighted by molar-refractivity contribution is 0.140. The molecule has 5 nitrogen and oxygen atoms in total. The molecule has 0 saturated heterocycles. The van der Waals surface area contributed by atoms with Crippen molar-refractivity contribution in [1.29, 1.82) is 0 Å². The van der Waals surface area contributed by atoms with Gasteiger partial charge in [-0.2, -0.15) is 4.39 Å². The van der Waals surface area contributed by atoms with E-state index in [2.05, 4.69) is 9.72 Å². The molecule has 21 heavy (non-hydrogen) atoms. The fourth-order valence-corrected chi connectivity index (χ4v) is 2.00. The Morgan fingerprint density at radius 1 is 1.38 bits per heavy atom. The molecule has 3 N–H and O–H groups in total. The topological polar surface area (TPSA) is 85.4 Å². The first-order valence-corrected chi connectivity index (χ1v) is 6.00. The highest BCUT2D eigenvalue weighted by atomic mass is 35.5. The predicted molar refractivity (Wildman–Crippen MR) is 72.4 cm³/mol. The Labute approximate surface area is 122 Å². The molecule has 0 amide bonds. The summed E-state index contributed by atoms with van der Waals surface area (Å²) in [5.74, 6) is -3.47. The van der Waals surface area contributed by atoms with Gasteiger partial charge in [0.05, 0.1) is 5.02 Å². The maximum atomic E-state index is 14.1. The summed E-state index contributed by atoms with van der Waals surface area (Å²) in [6.07, 6.45) is -1.80. The number of nitrogen functional groups attached to an aromatic ring is 1. The van der Waals surface area contributed by atoms with E-state index in [1.54, 1.807) is 19.1 Å². The molecular formula is C13H9ClF2N2O3. The lowest BCUT2D eigenvalue weighted by atomic mass is 10.1. The second-order valence-electron chi connectivity index (χ2n) is 4.16. The third-order valence-corrected chi connectivity index (χ3v) is 2.96. The van der Waals surface area contributed by atoms with Crippen LogP contribution in [0.1, 0.15) is 5.56 Å². The van der Waals surface area contributed by atoms with Gasteiger partial charge in [0.25, 0.3) is 5.88 Å². The number of anilines is 1. The maximum absolute atomic E-state index is 14.1. The molecule has 0 unspecified atom stereocenters. The van der Waals surface area contributed by atoms with E-state index < -0.39 is 35.1 Å². The smallest absolute Gasteiger partial charge is 0.449 e. The number of benzene rings is 1. The molecule has 0 aliphatic heterocycles. The SMILES string of the molecule is Cc1ccc(-c2nc(OC(=O)O)c(F)c(N)c2F)c(Cl)c1. The van der Waals surface area contributed by atoms with Crippen LogP contribution in [0.15, 0.2) is 18.2 Å². The van der Waals surface area contributed by atoms with Crippen LogP contribution in [-0.2, 0) is 0 Å². The Bertz CT molecular complexity index is 738. The second-order valence-corrected chi connectivity index (χ2v) is 4.57. The number of carboxylic acid groups (broad SMARTS) is 1. The van der Waals surface area contributed by atoms with Crippen LogP contribution in [-0.4, -0.2) is 16.2 Å². The van der Waals surface area contributed by atoms with Crippen LogP contribution < -0.4 is 10.5 Å². The van der Waals surface area contributed by atoms with E-state index >= 15 is 0 Å². The van der Waals surface area contributed by atoms with Gasteiger partial charge in [-0.15, -0.1) is 0 Å². The van der Waals surface area contributed by atoms with Crippen LogP contribution >= 0.6 is 11.6 Å². The van der Waals surface area contributed by atoms with Crippen molar-refractivity contribution in [2.45, 2.75) is 6.92 Å². The molecule has 0 fully saturated rings. The zero-order chi connectivity index (χ0) is 15.7. The summed E-state index contributed by atoms with van der Waals surface area (Å²) in [5, 5.41) is 8.68. The standard InChI is InChI=1S/C13H9ClF2N2O3/c1-5-2-3-6(7(14)4-5)11-8(15)10(17)9(16)12(18-11)21-13(19)20/h2-4H,1H3,(H2,17,18)(H,19,20). The molecule has 2 rings (SSSR count). The Balaban J connectivity index is 2.68. The number of nitrogens with zero attached hydrogens (tertiary/aromatic N) is 1. The minimum absolute atomic E-state index is 0.140. The molecule has 110 valence electrons. The third kappa shape index (κ3) is 2.87. The molecule has 0 saturated carbocycles. The van der Waals surface area contributed by atoms with Crippen molar-refractivity contribution in [1.82, 2.24) is 4.98 Å². The molecule has 0 spiro atoms. The molecule has 1 aromatic heterocycles. The molecule has 1 heterocycles. The fourth-order valence-electron chi connectivity index (χ4n) is 1.68. The van der Waals surface area contributed by atoms with Crippen molar-refractivity contribution < 1.29 is 23.4 Å². The molecule has 0 aliphatic carbocycles. The number of hydrogen-bond acceptors (Lipinski definition) is 4. The van der Waals surface area contributed by atoms with Crippen molar-refractivity contribution in [2.24, 2.45) is 0 Å². The monoisotopic (exact) mass is 314 g/mol. The van der Waals surface area contributed by atoms with Crippen LogP contribution in [0.2, 0.25) is 5.02 Å². The quantitative estimate of drug-likeness (QED) is 0.827. The summed E-state index contributed by atoms with van der Waals surface area (Å²) in [7, 11) is 0. The normalized spacial score (nSPS) is 10.5. The molecule has 0 bridgehead atoms. The zero-order valence-corrected chi connectivity index (χ0v) is 11.4. The average molecular weight is 315 g/mol. The summed E-state index contributed by atoms with van der Waals surface area (Å²) in [6.45, 7) is 1.78. The Morgan fingerprint density at radius 2 is 2.05 bits per heavy atom. The number of hydrogen-bond donors (Lipinski definition) is 2. The summed E-state index contributed by atoms with van der Waals surface area (Å²) < 4.78 is 31.8. The van der Waals surface area contributed by atoms with Crippen molar-refractivity contribution in [3.63, 3.8) is 0 Å². The van der Waals surface area contributed by atoms with E-state index in [-0.39, 0.29) is 10.6 Å². The fraction of sp³-hybridized carbons (Fsp3) is 0.0769. The Hall–Kier alpha value is -2.41. The van der Waals surface area contributed by atoms with Crippen LogP contribution in [0.25, 0.3) is 11.3 Å². The predicted octanol–water partition coefficient (Wildman–Crippen LogP) is 3.63. The first-order valence-electron chi connectivity index (χ1n) is 5.63. The van der Waals surface area contributed by atoms with E-state index in [0.717, 1.165) is 5.56 Å². The summed E-state index contributed by atoms with van der Waals surface area (Å²) >= 11 is 5.99. The van der Waals surface area contributed by atoms with Gasteiger partial charge in [-0.05, 0) is 18.6 Å². The molecule has 0 aliphatic rings. The van der Waals surface area contributed by atoms with Crippen molar-refractivity contribution in [2.75, 3.05) is 5.73 Å². The third-order valence-electron chi connectivity index (χ3n) is 2.65. The largest absolute Gasteiger partial charge is 0.512 e. The van der Waals surface area contributed by atoms with Gasteiger partial charge in [0, 0.05) is 5.56 Å². The molecule has 2 aromatic rings. The second kappa shape index (κ2) is 5.53. The summed E-state index contributed by atoms with van der Waals surface area (Å²) in [4.78, 5) is 14.0. The summed E-state index contributed by atoms with van der Waals surface area (Å²) in [5.41, 5.74) is 4.94. The van der Waals surface area contributed by atoms with Gasteiger partial charge in [0.1, 0.15) is 11.4 Å². The van der Waals surface area contributed by atoms with Crippen molar-refractivity contribution in [3.8, 4) is 17.1 Å². The molecule has 1 aromatic carbocycles. The lowest BCUT2D eigenvalue weighted by Gasteiger charge is -2.11. The summed E-state index contributed by atoms with van der Waals surface area (Å²) in [6, 6.07) is 4.65. The highest BCUT2D eigenvalue weighted by molar-refractivity contribution is 6.33. The minimum atomic E-state index is -1.80. The van der Waals surface area contributed by atoms with E-state index in [1.165, 1.54) is 6.07 Å². The molecule has 0 atom stereocenters. The maximum Gasteiger partial charge on any atom is 0.512 e. The first-order chi connectivity index (χ1) is 9.81. The minimum Gasteiger partial charge on any atom is -0.449 e. The number of ether oxygens (including phenoxy) is 1. The van der Waals surface area contributed by atoms with E-state index in [9.17, 15) is 13.6 Å². The number of aromatic nitrogens is 1. The Kier molecular flexibility index (Phi) is 3.95. The lowest BCUT2D eigenvalue weighted by Crippen LogP contribution is -2.10. The first kappa shape index (κ1) is 15.0. The molecule has 0 radical (unpaired) electrons. The number of carbonyl (C=O) groups is 1. The van der Waals surface area contributed by atoms with Gasteiger partial charge in [0.15, 0.2) is 5.82 Å². The van der Waals surface area contributed by atoms with Crippen LogP contribution in [0.4, 0.5) is 19.3 Å². The van der Waals surface area contributed by atoms with E-state index in [4.69, 9.17) is 22.4 Å². The number of aryl methyl sites for hydroxylation is 1. The average Bonchev–Trinajstić information content (AvgIpc) is 2.40. The highest BCUT2D eigenvalue weighted by Gasteiger charge is 2.23. The number of nitrogens with two attached hydrogens (primary N) is 1. The van der Waals surface area contributed by atoms with Gasteiger partial charge >= 0.3 is 6.16 Å². The number of rotatable bonds is 2. The number of pyridine rings is 1. The Morgan fingerprint density at radius 3 is 2.62 bits per heavy atom. The van der Waals surface area contributed by atoms with E-state index in [0.29, 0.717) is 0 Å². The van der Waals surface area contributed by atoms with Crippen LogP contribution in [0.5, 0.6) is 5.88 Å². The van der Waals surface area contributed by atoms with Crippen molar-refractivity contribution >= 4 is 23.4 Å². The zero-order valence-electron chi connectivity index (χ0n) is 10.7. The van der Waals surface area contributed by atoms with Gasteiger partial charge < -0.3 is 15.6 Å². The van der Waals surface area contributed by atoms with Crippen LogP contribution in [0, 0.1) is 18.6 Å². The van der Waals surface area contributed by atoms with Crippen LogP contribution in [0.3, 0.4) is 0 Å². The van der Waals surface area contributed by atoms with E-state index in [1.807, 2.05) is 0 Å². The van der Waals surface area contributed by atoms with Gasteiger partial charge in [-0.25, -0.2) is 14.2 Å². The van der Waals surface area contributed by atoms with Gasteiger partial charge in [0.2, 0.25) is 5.82 Å². The highest BCUT2D eigenvalue weighted by Crippen LogP contribution is 2.35. The van der Waals surface area contributed by atoms with Gasteiger partial charge in [-0.1, -0.05) is 23.7 Å². The molecular weight excluding hydrogens is 306 g/mol. The molecule has 8 heteroatoms.